The molecule has 2 aromatic rings. The highest BCUT2D eigenvalue weighted by Gasteiger charge is 2.02. The summed E-state index contributed by atoms with van der Waals surface area (Å²) in [6, 6.07) is 17.8. The molecule has 0 aliphatic heterocycles. The fraction of sp³-hybridized carbons (Fsp3) is 0.333. The van der Waals surface area contributed by atoms with Crippen molar-refractivity contribution in [1.29, 1.82) is 0 Å². The van der Waals surface area contributed by atoms with Gasteiger partial charge in [0.25, 0.3) is 0 Å². The van der Waals surface area contributed by atoms with Crippen LogP contribution in [0.15, 0.2) is 48.5 Å². The van der Waals surface area contributed by atoms with Gasteiger partial charge in [-0.25, -0.2) is 0 Å². The third-order valence-electron chi connectivity index (χ3n) is 3.38. The van der Waals surface area contributed by atoms with Gasteiger partial charge in [-0.15, -0.1) is 0 Å². The highest BCUT2D eigenvalue weighted by molar-refractivity contribution is 5.64. The molecule has 0 nitrogen and oxygen atoms in total. The fourth-order valence-electron chi connectivity index (χ4n) is 2.23. The van der Waals surface area contributed by atoms with E-state index >= 15 is 0 Å². The lowest BCUT2D eigenvalue weighted by atomic mass is 9.96. The first-order valence-corrected chi connectivity index (χ1v) is 6.90. The van der Waals surface area contributed by atoms with E-state index in [9.17, 15) is 0 Å². The van der Waals surface area contributed by atoms with E-state index in [1.165, 1.54) is 35.1 Å². The van der Waals surface area contributed by atoms with Crippen LogP contribution in [0.4, 0.5) is 0 Å². The van der Waals surface area contributed by atoms with Crippen molar-refractivity contribution in [3.63, 3.8) is 0 Å². The van der Waals surface area contributed by atoms with Crippen LogP contribution in [0, 0.1) is 0 Å². The molecule has 94 valence electrons. The second-order valence-corrected chi connectivity index (χ2v) is 5.23. The van der Waals surface area contributed by atoms with Crippen LogP contribution in [-0.2, 0) is 6.42 Å². The van der Waals surface area contributed by atoms with Gasteiger partial charge >= 0.3 is 0 Å². The molecule has 0 aromatic heterocycles. The minimum Gasteiger partial charge on any atom is -0.0651 e. The Morgan fingerprint density at radius 3 is 2.22 bits per heavy atom. The SMILES string of the molecule is CCCc1ccc(-c2cccc(C(C)C)c2)cc1. The summed E-state index contributed by atoms with van der Waals surface area (Å²) in [5.74, 6) is 0.587. The zero-order valence-electron chi connectivity index (χ0n) is 11.6. The van der Waals surface area contributed by atoms with E-state index in [4.69, 9.17) is 0 Å². The summed E-state index contributed by atoms with van der Waals surface area (Å²) in [5.41, 5.74) is 5.48. The van der Waals surface area contributed by atoms with Crippen LogP contribution in [0.3, 0.4) is 0 Å². The molecule has 0 unspecified atom stereocenters. The molecule has 2 rings (SSSR count). The van der Waals surface area contributed by atoms with Gasteiger partial charge in [0.1, 0.15) is 0 Å². The first-order chi connectivity index (χ1) is 8.70. The van der Waals surface area contributed by atoms with Crippen LogP contribution >= 0.6 is 0 Å². The first-order valence-electron chi connectivity index (χ1n) is 6.90. The maximum atomic E-state index is 2.31. The van der Waals surface area contributed by atoms with Crippen molar-refractivity contribution in [3.8, 4) is 11.1 Å². The lowest BCUT2D eigenvalue weighted by Gasteiger charge is -2.09. The molecule has 0 N–H and O–H groups in total. The second kappa shape index (κ2) is 5.86. The quantitative estimate of drug-likeness (QED) is 0.666. The summed E-state index contributed by atoms with van der Waals surface area (Å²) in [5, 5.41) is 0. The normalized spacial score (nSPS) is 10.9. The molecule has 0 aliphatic rings. The summed E-state index contributed by atoms with van der Waals surface area (Å²) in [4.78, 5) is 0. The molecule has 0 radical (unpaired) electrons. The molecule has 0 amide bonds. The minimum absolute atomic E-state index is 0.587. The molecule has 18 heavy (non-hydrogen) atoms. The van der Waals surface area contributed by atoms with Gasteiger partial charge in [0.05, 0.1) is 0 Å². The third-order valence-corrected chi connectivity index (χ3v) is 3.38. The van der Waals surface area contributed by atoms with Crippen LogP contribution in [0.25, 0.3) is 11.1 Å². The molecule has 0 atom stereocenters. The van der Waals surface area contributed by atoms with Crippen molar-refractivity contribution >= 4 is 0 Å². The zero-order chi connectivity index (χ0) is 13.0. The zero-order valence-corrected chi connectivity index (χ0v) is 11.6. The van der Waals surface area contributed by atoms with Crippen molar-refractivity contribution in [1.82, 2.24) is 0 Å². The maximum absolute atomic E-state index is 2.31. The van der Waals surface area contributed by atoms with Crippen molar-refractivity contribution in [3.05, 3.63) is 59.7 Å². The van der Waals surface area contributed by atoms with Crippen LogP contribution in [0.2, 0.25) is 0 Å². The van der Waals surface area contributed by atoms with Gasteiger partial charge in [0.2, 0.25) is 0 Å². The maximum Gasteiger partial charge on any atom is -0.0181 e. The summed E-state index contributed by atoms with van der Waals surface area (Å²) < 4.78 is 0. The Kier molecular flexibility index (Phi) is 4.19. The van der Waals surface area contributed by atoms with Crippen LogP contribution in [0.5, 0.6) is 0 Å². The Labute approximate surface area is 111 Å². The fourth-order valence-corrected chi connectivity index (χ4v) is 2.23. The van der Waals surface area contributed by atoms with E-state index in [-0.39, 0.29) is 0 Å². The third kappa shape index (κ3) is 3.01. The van der Waals surface area contributed by atoms with Crippen molar-refractivity contribution in [2.45, 2.75) is 39.5 Å². The van der Waals surface area contributed by atoms with Gasteiger partial charge in [-0.05, 0) is 34.6 Å². The molecule has 0 saturated carbocycles. The first kappa shape index (κ1) is 12.9. The molecular weight excluding hydrogens is 216 g/mol. The van der Waals surface area contributed by atoms with Crippen LogP contribution in [-0.4, -0.2) is 0 Å². The van der Waals surface area contributed by atoms with Gasteiger partial charge in [0.15, 0.2) is 0 Å². The van der Waals surface area contributed by atoms with E-state index < -0.39 is 0 Å². The Balaban J connectivity index is 2.28. The Bertz CT molecular complexity index is 492. The average molecular weight is 238 g/mol. The highest BCUT2D eigenvalue weighted by atomic mass is 14.1. The van der Waals surface area contributed by atoms with E-state index in [0.29, 0.717) is 5.92 Å². The summed E-state index contributed by atoms with van der Waals surface area (Å²) in [6.45, 7) is 6.70. The number of benzene rings is 2. The molecule has 0 spiro atoms. The Morgan fingerprint density at radius 1 is 0.889 bits per heavy atom. The molecule has 0 saturated heterocycles. The van der Waals surface area contributed by atoms with Crippen LogP contribution < -0.4 is 0 Å². The standard InChI is InChI=1S/C18H22/c1-4-6-15-9-11-16(12-10-15)18-8-5-7-17(13-18)14(2)3/h5,7-14H,4,6H2,1-3H3. The predicted octanol–water partition coefficient (Wildman–Crippen LogP) is 5.43. The Hall–Kier alpha value is -1.56. The number of rotatable bonds is 4. The summed E-state index contributed by atoms with van der Waals surface area (Å²) >= 11 is 0. The van der Waals surface area contributed by atoms with E-state index in [1.807, 2.05) is 0 Å². The number of hydrogen-bond acceptors (Lipinski definition) is 0. The van der Waals surface area contributed by atoms with Gasteiger partial charge in [-0.2, -0.15) is 0 Å². The molecule has 0 fully saturated rings. The van der Waals surface area contributed by atoms with E-state index in [2.05, 4.69) is 69.3 Å². The lowest BCUT2D eigenvalue weighted by Crippen LogP contribution is -1.88. The Morgan fingerprint density at radius 2 is 1.61 bits per heavy atom. The van der Waals surface area contributed by atoms with Crippen molar-refractivity contribution < 1.29 is 0 Å². The molecule has 0 bridgehead atoms. The average Bonchev–Trinajstić information content (AvgIpc) is 2.40. The topological polar surface area (TPSA) is 0 Å². The number of hydrogen-bond donors (Lipinski definition) is 0. The molecule has 0 heteroatoms. The minimum atomic E-state index is 0.587. The van der Waals surface area contributed by atoms with Gasteiger partial charge in [-0.1, -0.05) is 75.7 Å². The molecule has 0 aliphatic carbocycles. The summed E-state index contributed by atoms with van der Waals surface area (Å²) in [6.07, 6.45) is 2.38. The summed E-state index contributed by atoms with van der Waals surface area (Å²) in [7, 11) is 0. The largest absolute Gasteiger partial charge is 0.0651 e. The van der Waals surface area contributed by atoms with Crippen LogP contribution in [0.1, 0.15) is 44.2 Å². The van der Waals surface area contributed by atoms with Crippen molar-refractivity contribution in [2.24, 2.45) is 0 Å². The van der Waals surface area contributed by atoms with Crippen molar-refractivity contribution in [2.75, 3.05) is 0 Å². The van der Waals surface area contributed by atoms with Gasteiger partial charge < -0.3 is 0 Å². The molecule has 0 heterocycles. The smallest absolute Gasteiger partial charge is 0.0181 e. The van der Waals surface area contributed by atoms with Gasteiger partial charge in [-0.3, -0.25) is 0 Å². The van der Waals surface area contributed by atoms with E-state index in [1.54, 1.807) is 0 Å². The van der Waals surface area contributed by atoms with Gasteiger partial charge in [0, 0.05) is 0 Å². The number of aryl methyl sites for hydroxylation is 1. The lowest BCUT2D eigenvalue weighted by molar-refractivity contribution is 0.867. The highest BCUT2D eigenvalue weighted by Crippen LogP contribution is 2.24. The second-order valence-electron chi connectivity index (χ2n) is 5.23. The molecule has 2 aromatic carbocycles. The predicted molar refractivity (Wildman–Crippen MR) is 80.0 cm³/mol. The molecular formula is C18H22. The van der Waals surface area contributed by atoms with E-state index in [0.717, 1.165) is 0 Å². The monoisotopic (exact) mass is 238 g/mol.